The van der Waals surface area contributed by atoms with E-state index in [-0.39, 0.29) is 27.0 Å². The van der Waals surface area contributed by atoms with Gasteiger partial charge in [0.05, 0.1) is 22.6 Å². The number of nitro benzene ring substituents is 1. The van der Waals surface area contributed by atoms with Crippen LogP contribution in [0.2, 0.25) is 0 Å². The number of amides is 1. The largest absolute Gasteiger partial charge is 0.495 e. The van der Waals surface area contributed by atoms with Crippen LogP contribution in [0.3, 0.4) is 0 Å². The number of nitrogens with one attached hydrogen (secondary N) is 1. The molecule has 27 heavy (non-hydrogen) atoms. The maximum Gasteiger partial charge on any atom is 0.349 e. The molecule has 1 unspecified atom stereocenters. The highest BCUT2D eigenvalue weighted by Gasteiger charge is 2.23. The van der Waals surface area contributed by atoms with Gasteiger partial charge in [-0.15, -0.1) is 0 Å². The smallest absolute Gasteiger partial charge is 0.349 e. The van der Waals surface area contributed by atoms with E-state index >= 15 is 0 Å². The molecule has 0 saturated heterocycles. The molecule has 0 fully saturated rings. The van der Waals surface area contributed by atoms with Gasteiger partial charge in [0.25, 0.3) is 11.6 Å². The maximum atomic E-state index is 12.2. The quantitative estimate of drug-likeness (QED) is 0.427. The second kappa shape index (κ2) is 8.23. The number of esters is 1. The summed E-state index contributed by atoms with van der Waals surface area (Å²) in [6, 6.07) is 6.00. The van der Waals surface area contributed by atoms with Crippen LogP contribution in [-0.2, 0) is 9.53 Å². The van der Waals surface area contributed by atoms with E-state index in [1.54, 1.807) is 0 Å². The molecule has 0 aliphatic heterocycles. The van der Waals surface area contributed by atoms with Crippen LogP contribution in [0, 0.1) is 20.2 Å². The fraction of sp³-hybridized carbons (Fsp3) is 0.200. The van der Waals surface area contributed by atoms with Gasteiger partial charge in [-0.25, -0.2) is 4.79 Å². The molecule has 0 aliphatic carbocycles. The molecular weight excluding hydrogens is 382 g/mol. The lowest BCUT2D eigenvalue weighted by Gasteiger charge is -2.14. The highest BCUT2D eigenvalue weighted by Crippen LogP contribution is 2.29. The zero-order valence-corrected chi connectivity index (χ0v) is 14.8. The number of rotatable bonds is 7. The minimum atomic E-state index is -1.26. The molecule has 1 atom stereocenters. The molecule has 2 aromatic rings. The van der Waals surface area contributed by atoms with Crippen LogP contribution >= 0.6 is 11.3 Å². The molecule has 0 aliphatic rings. The highest BCUT2D eigenvalue weighted by molar-refractivity contribution is 7.17. The molecule has 0 saturated carbocycles. The van der Waals surface area contributed by atoms with Gasteiger partial charge in [-0.3, -0.25) is 25.0 Å². The normalized spacial score (nSPS) is 11.3. The first kappa shape index (κ1) is 19.8. The average molecular weight is 395 g/mol. The fourth-order valence-electron chi connectivity index (χ4n) is 1.95. The van der Waals surface area contributed by atoms with Crippen LogP contribution < -0.4 is 10.1 Å². The number of carbonyl (C=O) groups excluding carboxylic acids is 2. The molecule has 0 spiro atoms. The summed E-state index contributed by atoms with van der Waals surface area (Å²) in [5, 5.41) is 23.7. The minimum absolute atomic E-state index is 0.0331. The third kappa shape index (κ3) is 4.76. The number of thiophene rings is 1. The zero-order chi connectivity index (χ0) is 20.1. The van der Waals surface area contributed by atoms with Crippen molar-refractivity contribution in [3.8, 4) is 5.75 Å². The second-order valence-corrected chi connectivity index (χ2v) is 6.14. The standard InChI is InChI=1S/C15H13N3O8S/c1-8(26-15(20)12-5-6-13(27-12)18(23)24)14(19)16-10-7-9(17(21)22)3-4-11(10)25-2/h3-8H,1-2H3,(H,16,19). The van der Waals surface area contributed by atoms with E-state index < -0.39 is 27.8 Å². The van der Waals surface area contributed by atoms with Crippen LogP contribution in [-0.4, -0.2) is 34.9 Å². The number of nitro groups is 2. The Morgan fingerprint density at radius 2 is 1.85 bits per heavy atom. The molecule has 142 valence electrons. The Labute approximate surface area is 155 Å². The summed E-state index contributed by atoms with van der Waals surface area (Å²) < 4.78 is 10.0. The van der Waals surface area contributed by atoms with Crippen molar-refractivity contribution in [2.24, 2.45) is 0 Å². The van der Waals surface area contributed by atoms with Crippen molar-refractivity contribution in [2.75, 3.05) is 12.4 Å². The summed E-state index contributed by atoms with van der Waals surface area (Å²) in [6.45, 7) is 1.29. The van der Waals surface area contributed by atoms with E-state index in [4.69, 9.17) is 9.47 Å². The molecular formula is C15H13N3O8S. The van der Waals surface area contributed by atoms with Crippen LogP contribution in [0.15, 0.2) is 30.3 Å². The number of benzene rings is 1. The number of hydrogen-bond acceptors (Lipinski definition) is 9. The lowest BCUT2D eigenvalue weighted by Crippen LogP contribution is -2.30. The number of ether oxygens (including phenoxy) is 2. The summed E-state index contributed by atoms with van der Waals surface area (Å²) in [4.78, 5) is 44.4. The van der Waals surface area contributed by atoms with E-state index in [0.29, 0.717) is 11.3 Å². The van der Waals surface area contributed by atoms with Gasteiger partial charge < -0.3 is 14.8 Å². The van der Waals surface area contributed by atoms with Crippen LogP contribution in [0.4, 0.5) is 16.4 Å². The first-order valence-electron chi connectivity index (χ1n) is 7.31. The third-order valence-corrected chi connectivity index (χ3v) is 4.29. The van der Waals surface area contributed by atoms with Crippen LogP contribution in [0.25, 0.3) is 0 Å². The second-order valence-electron chi connectivity index (χ2n) is 5.07. The first-order chi connectivity index (χ1) is 12.7. The Balaban J connectivity index is 2.08. The molecule has 1 heterocycles. The van der Waals surface area contributed by atoms with Crippen LogP contribution in [0.5, 0.6) is 5.75 Å². The predicted molar refractivity (Wildman–Crippen MR) is 94.1 cm³/mol. The van der Waals surface area contributed by atoms with Gasteiger partial charge in [-0.1, -0.05) is 11.3 Å². The van der Waals surface area contributed by atoms with Gasteiger partial charge in [0.2, 0.25) is 0 Å². The van der Waals surface area contributed by atoms with Gasteiger partial charge in [-0.2, -0.15) is 0 Å². The fourth-order valence-corrected chi connectivity index (χ4v) is 2.65. The molecule has 11 nitrogen and oxygen atoms in total. The van der Waals surface area contributed by atoms with Crippen molar-refractivity contribution in [1.82, 2.24) is 0 Å². The van der Waals surface area contributed by atoms with E-state index in [2.05, 4.69) is 5.32 Å². The number of anilines is 1. The number of methoxy groups -OCH3 is 1. The SMILES string of the molecule is COc1ccc([N+](=O)[O-])cc1NC(=O)C(C)OC(=O)c1ccc([N+](=O)[O-])s1. The van der Waals surface area contributed by atoms with Gasteiger partial charge >= 0.3 is 11.0 Å². The first-order valence-corrected chi connectivity index (χ1v) is 8.13. The van der Waals surface area contributed by atoms with E-state index in [1.165, 1.54) is 32.2 Å². The molecule has 0 radical (unpaired) electrons. The Morgan fingerprint density at radius 3 is 2.41 bits per heavy atom. The Bertz CT molecular complexity index is 910. The van der Waals surface area contributed by atoms with Crippen molar-refractivity contribution in [2.45, 2.75) is 13.0 Å². The maximum absolute atomic E-state index is 12.2. The summed E-state index contributed by atoms with van der Waals surface area (Å²) in [6.07, 6.45) is -1.26. The molecule has 1 N–H and O–H groups in total. The van der Waals surface area contributed by atoms with Gasteiger partial charge in [0, 0.05) is 18.2 Å². The number of carbonyl (C=O) groups is 2. The van der Waals surface area contributed by atoms with E-state index in [1.807, 2.05) is 0 Å². The predicted octanol–water partition coefficient (Wildman–Crippen LogP) is 2.76. The van der Waals surface area contributed by atoms with Gasteiger partial charge in [-0.05, 0) is 19.1 Å². The molecule has 1 aromatic heterocycles. The van der Waals surface area contributed by atoms with Crippen LogP contribution in [0.1, 0.15) is 16.6 Å². The number of nitrogens with zero attached hydrogens (tertiary/aromatic N) is 2. The molecule has 1 amide bonds. The lowest BCUT2D eigenvalue weighted by atomic mass is 10.2. The zero-order valence-electron chi connectivity index (χ0n) is 14.0. The molecule has 1 aromatic carbocycles. The minimum Gasteiger partial charge on any atom is -0.495 e. The number of non-ortho nitro benzene ring substituents is 1. The van der Waals surface area contributed by atoms with Gasteiger partial charge in [0.15, 0.2) is 6.10 Å². The molecule has 2 rings (SSSR count). The highest BCUT2D eigenvalue weighted by atomic mass is 32.1. The van der Waals surface area contributed by atoms with E-state index in [9.17, 15) is 29.8 Å². The molecule has 12 heteroatoms. The van der Waals surface area contributed by atoms with Crippen molar-refractivity contribution < 1.29 is 28.9 Å². The Kier molecular flexibility index (Phi) is 6.03. The van der Waals surface area contributed by atoms with E-state index in [0.717, 1.165) is 12.1 Å². The van der Waals surface area contributed by atoms with Crippen molar-refractivity contribution in [3.63, 3.8) is 0 Å². The summed E-state index contributed by atoms with van der Waals surface area (Å²) in [5.41, 5.74) is -0.229. The Morgan fingerprint density at radius 1 is 1.15 bits per heavy atom. The number of hydrogen-bond donors (Lipinski definition) is 1. The summed E-state index contributed by atoms with van der Waals surface area (Å²) in [5.74, 6) is -1.48. The van der Waals surface area contributed by atoms with Gasteiger partial charge in [0.1, 0.15) is 10.6 Å². The third-order valence-electron chi connectivity index (χ3n) is 3.28. The summed E-state index contributed by atoms with van der Waals surface area (Å²) >= 11 is 0.618. The average Bonchev–Trinajstić information content (AvgIpc) is 3.12. The topological polar surface area (TPSA) is 151 Å². The lowest BCUT2D eigenvalue weighted by molar-refractivity contribution is -0.384. The summed E-state index contributed by atoms with van der Waals surface area (Å²) in [7, 11) is 1.32. The Hall–Kier alpha value is -3.54. The van der Waals surface area contributed by atoms with Crippen molar-refractivity contribution in [1.29, 1.82) is 0 Å². The van der Waals surface area contributed by atoms with Crippen molar-refractivity contribution in [3.05, 3.63) is 55.4 Å². The molecule has 0 bridgehead atoms. The van der Waals surface area contributed by atoms with Crippen molar-refractivity contribution >= 4 is 39.6 Å². The monoisotopic (exact) mass is 395 g/mol.